The molecule has 1 aromatic carbocycles. The Morgan fingerprint density at radius 3 is 2.00 bits per heavy atom. The summed E-state index contributed by atoms with van der Waals surface area (Å²) in [6, 6.07) is 0. The van der Waals surface area contributed by atoms with Gasteiger partial charge in [0.15, 0.2) is 0 Å². The number of rotatable bonds is 4. The van der Waals surface area contributed by atoms with Crippen LogP contribution in [0.2, 0.25) is 0 Å². The first-order valence-electron chi connectivity index (χ1n) is 8.63. The second kappa shape index (κ2) is 6.72. The average molecular weight is 320 g/mol. The molecule has 0 bridgehead atoms. The fourth-order valence-corrected chi connectivity index (χ4v) is 3.67. The molecule has 0 unspecified atom stereocenters. The summed E-state index contributed by atoms with van der Waals surface area (Å²) in [6.45, 7) is 5.19. The smallest absolute Gasteiger partial charge is 0.309 e. The summed E-state index contributed by atoms with van der Waals surface area (Å²) in [5, 5.41) is 0. The van der Waals surface area contributed by atoms with Crippen LogP contribution >= 0.6 is 0 Å². The molecule has 0 N–H and O–H groups in total. The molecule has 0 spiro atoms. The summed E-state index contributed by atoms with van der Waals surface area (Å²) in [5.74, 6) is -0.232. The van der Waals surface area contributed by atoms with E-state index >= 15 is 0 Å². The number of nitrogens with zero attached hydrogens (tertiary/aromatic N) is 2. The second-order valence-electron chi connectivity index (χ2n) is 6.42. The highest BCUT2D eigenvalue weighted by atomic mass is 16.5. The molecule has 3 rings (SSSR count). The van der Waals surface area contributed by atoms with Crippen LogP contribution in [0.5, 0.6) is 0 Å². The fourth-order valence-electron chi connectivity index (χ4n) is 3.67. The van der Waals surface area contributed by atoms with Crippen LogP contribution in [0.25, 0.3) is 0 Å². The normalized spacial score (nSPS) is 20.0. The van der Waals surface area contributed by atoms with E-state index in [-0.39, 0.29) is 22.7 Å². The van der Waals surface area contributed by atoms with Crippen LogP contribution in [-0.2, 0) is 9.53 Å². The second-order valence-corrected chi connectivity index (χ2v) is 6.42. The molecule has 0 atom stereocenters. The summed E-state index contributed by atoms with van der Waals surface area (Å²) < 4.78 is 5.07. The van der Waals surface area contributed by atoms with Gasteiger partial charge in [0.05, 0.1) is 12.5 Å². The zero-order valence-corrected chi connectivity index (χ0v) is 13.7. The van der Waals surface area contributed by atoms with Crippen LogP contribution in [0.1, 0.15) is 39.0 Å². The van der Waals surface area contributed by atoms with E-state index in [2.05, 4.69) is 4.90 Å². The Kier molecular flexibility index (Phi) is 4.68. The van der Waals surface area contributed by atoms with Crippen molar-refractivity contribution >= 4 is 17.3 Å². The molecule has 23 heavy (non-hydrogen) atoms. The maximum Gasteiger partial charge on any atom is 0.309 e. The standard InChI is InChI=1S/C17H24N2O4/c1-2-23-17(22)12-6-10-19(11-7-12)14-13(15(20)16(14)21)18-8-4-3-5-9-18/h12H,2-11H2,1H3. The van der Waals surface area contributed by atoms with Crippen LogP contribution in [0.4, 0.5) is 11.4 Å². The molecule has 0 amide bonds. The molecular weight excluding hydrogens is 296 g/mol. The SMILES string of the molecule is CCOC(=O)C1CCN(c2c(N3CCCCC3)c(=O)c2=O)CC1. The van der Waals surface area contributed by atoms with Crippen molar-refractivity contribution in [2.75, 3.05) is 42.6 Å². The third-order valence-corrected chi connectivity index (χ3v) is 4.96. The minimum atomic E-state index is -0.361. The third kappa shape index (κ3) is 2.99. The predicted octanol–water partition coefficient (Wildman–Crippen LogP) is 1.05. The molecule has 2 fully saturated rings. The van der Waals surface area contributed by atoms with Crippen molar-refractivity contribution in [1.29, 1.82) is 0 Å². The van der Waals surface area contributed by atoms with Crippen LogP contribution in [0, 0.1) is 5.92 Å². The van der Waals surface area contributed by atoms with E-state index in [9.17, 15) is 14.4 Å². The molecule has 0 saturated carbocycles. The van der Waals surface area contributed by atoms with Crippen molar-refractivity contribution < 1.29 is 9.53 Å². The van der Waals surface area contributed by atoms with E-state index in [1.54, 1.807) is 6.92 Å². The van der Waals surface area contributed by atoms with Gasteiger partial charge in [-0.1, -0.05) is 0 Å². The number of anilines is 2. The molecule has 126 valence electrons. The number of carbonyl (C=O) groups is 1. The molecule has 6 nitrogen and oxygen atoms in total. The monoisotopic (exact) mass is 320 g/mol. The minimum Gasteiger partial charge on any atom is -0.466 e. The topological polar surface area (TPSA) is 66.9 Å². The molecule has 6 heteroatoms. The van der Waals surface area contributed by atoms with Gasteiger partial charge in [-0.15, -0.1) is 0 Å². The van der Waals surface area contributed by atoms with E-state index in [1.165, 1.54) is 6.42 Å². The Morgan fingerprint density at radius 1 is 0.957 bits per heavy atom. The Morgan fingerprint density at radius 2 is 1.48 bits per heavy atom. The van der Waals surface area contributed by atoms with Crippen molar-refractivity contribution in [3.8, 4) is 0 Å². The average Bonchev–Trinajstić information content (AvgIpc) is 2.60. The lowest BCUT2D eigenvalue weighted by Gasteiger charge is -2.37. The summed E-state index contributed by atoms with van der Waals surface area (Å²) in [4.78, 5) is 39.9. The molecule has 0 aromatic heterocycles. The summed E-state index contributed by atoms with van der Waals surface area (Å²) >= 11 is 0. The van der Waals surface area contributed by atoms with Crippen molar-refractivity contribution in [3.05, 3.63) is 20.4 Å². The lowest BCUT2D eigenvalue weighted by molar-refractivity contribution is -0.148. The molecule has 2 heterocycles. The number of esters is 1. The Hall–Kier alpha value is -1.85. The maximum absolute atomic E-state index is 12.1. The number of ether oxygens (including phenoxy) is 1. The zero-order valence-electron chi connectivity index (χ0n) is 13.7. The van der Waals surface area contributed by atoms with E-state index in [1.807, 2.05) is 4.90 Å². The first-order chi connectivity index (χ1) is 11.1. The Labute approximate surface area is 135 Å². The lowest BCUT2D eigenvalue weighted by atomic mass is 9.95. The van der Waals surface area contributed by atoms with Crippen LogP contribution in [0.15, 0.2) is 9.59 Å². The Balaban J connectivity index is 1.69. The highest BCUT2D eigenvalue weighted by Crippen LogP contribution is 2.30. The highest BCUT2D eigenvalue weighted by molar-refractivity contribution is 5.77. The highest BCUT2D eigenvalue weighted by Gasteiger charge is 2.34. The molecule has 2 aliphatic heterocycles. The van der Waals surface area contributed by atoms with Gasteiger partial charge >= 0.3 is 5.97 Å². The van der Waals surface area contributed by atoms with Gasteiger partial charge in [0.1, 0.15) is 11.4 Å². The van der Waals surface area contributed by atoms with Gasteiger partial charge < -0.3 is 14.5 Å². The number of hydrogen-bond donors (Lipinski definition) is 0. The van der Waals surface area contributed by atoms with Crippen molar-refractivity contribution in [2.24, 2.45) is 5.92 Å². The van der Waals surface area contributed by atoms with E-state index < -0.39 is 0 Å². The molecule has 2 aliphatic rings. The number of carbonyl (C=O) groups excluding carboxylic acids is 1. The number of piperidine rings is 2. The van der Waals surface area contributed by atoms with Crippen molar-refractivity contribution in [2.45, 2.75) is 39.0 Å². The molecular formula is C17H24N2O4. The van der Waals surface area contributed by atoms with Crippen LogP contribution in [0.3, 0.4) is 0 Å². The summed E-state index contributed by atoms with van der Waals surface area (Å²) in [5.41, 5.74) is 0.498. The summed E-state index contributed by atoms with van der Waals surface area (Å²) in [6.07, 6.45) is 4.69. The fraction of sp³-hybridized carbons (Fsp3) is 0.706. The van der Waals surface area contributed by atoms with Crippen LogP contribution in [-0.4, -0.2) is 38.8 Å². The first-order valence-corrected chi connectivity index (χ1v) is 8.63. The molecule has 1 aromatic rings. The van der Waals surface area contributed by atoms with Gasteiger partial charge in [0, 0.05) is 26.2 Å². The molecule has 0 aliphatic carbocycles. The van der Waals surface area contributed by atoms with Gasteiger partial charge in [0.25, 0.3) is 10.9 Å². The van der Waals surface area contributed by atoms with E-state index in [0.717, 1.165) is 25.9 Å². The zero-order chi connectivity index (χ0) is 16.4. The van der Waals surface area contributed by atoms with Gasteiger partial charge in [-0.3, -0.25) is 14.4 Å². The minimum absolute atomic E-state index is 0.0869. The third-order valence-electron chi connectivity index (χ3n) is 4.96. The summed E-state index contributed by atoms with van der Waals surface area (Å²) in [7, 11) is 0. The van der Waals surface area contributed by atoms with Crippen molar-refractivity contribution in [3.63, 3.8) is 0 Å². The predicted molar refractivity (Wildman–Crippen MR) is 89.0 cm³/mol. The first kappa shape index (κ1) is 16.0. The van der Waals surface area contributed by atoms with Gasteiger partial charge in [-0.05, 0) is 39.0 Å². The van der Waals surface area contributed by atoms with E-state index in [4.69, 9.17) is 4.74 Å². The van der Waals surface area contributed by atoms with Gasteiger partial charge in [0.2, 0.25) is 0 Å². The molecule has 2 saturated heterocycles. The quantitative estimate of drug-likeness (QED) is 0.610. The van der Waals surface area contributed by atoms with Crippen molar-refractivity contribution in [1.82, 2.24) is 0 Å². The van der Waals surface area contributed by atoms with E-state index in [0.29, 0.717) is 43.9 Å². The number of hydrogen-bond acceptors (Lipinski definition) is 6. The largest absolute Gasteiger partial charge is 0.466 e. The molecule has 0 radical (unpaired) electrons. The Bertz CT molecular complexity index is 633. The maximum atomic E-state index is 12.1. The van der Waals surface area contributed by atoms with Crippen LogP contribution < -0.4 is 20.7 Å². The van der Waals surface area contributed by atoms with Gasteiger partial charge in [-0.2, -0.15) is 0 Å². The van der Waals surface area contributed by atoms with Gasteiger partial charge in [-0.25, -0.2) is 0 Å². The lowest BCUT2D eigenvalue weighted by Crippen LogP contribution is -2.49.